The van der Waals surface area contributed by atoms with Crippen LogP contribution in [0.4, 0.5) is 4.39 Å². The van der Waals surface area contributed by atoms with Crippen molar-refractivity contribution in [2.75, 3.05) is 0 Å². The fourth-order valence-corrected chi connectivity index (χ4v) is 3.51. The summed E-state index contributed by atoms with van der Waals surface area (Å²) in [5, 5.41) is 0. The first-order valence-corrected chi connectivity index (χ1v) is 7.48. The van der Waals surface area contributed by atoms with E-state index in [0.717, 1.165) is 24.2 Å². The second-order valence-electron chi connectivity index (χ2n) is 7.12. The Morgan fingerprint density at radius 2 is 2.05 bits per heavy atom. The summed E-state index contributed by atoms with van der Waals surface area (Å²) < 4.78 is 19.5. The van der Waals surface area contributed by atoms with Crippen molar-refractivity contribution in [3.8, 4) is 5.75 Å². The molecule has 1 fully saturated rings. The van der Waals surface area contributed by atoms with Crippen molar-refractivity contribution in [2.24, 2.45) is 17.1 Å². The van der Waals surface area contributed by atoms with Crippen molar-refractivity contribution in [3.63, 3.8) is 0 Å². The second-order valence-corrected chi connectivity index (χ2v) is 7.12. The van der Waals surface area contributed by atoms with Gasteiger partial charge in [0, 0.05) is 11.6 Å². The van der Waals surface area contributed by atoms with Crippen LogP contribution in [0.3, 0.4) is 0 Å². The normalized spacial score (nSPS) is 27.1. The van der Waals surface area contributed by atoms with E-state index in [1.54, 1.807) is 6.07 Å². The molecule has 0 bridgehead atoms. The van der Waals surface area contributed by atoms with Crippen molar-refractivity contribution in [2.45, 2.75) is 59.1 Å². The Balaban J connectivity index is 2.17. The molecule has 0 saturated heterocycles. The first kappa shape index (κ1) is 15.3. The third-order valence-electron chi connectivity index (χ3n) is 4.10. The van der Waals surface area contributed by atoms with Gasteiger partial charge in [-0.05, 0) is 55.7 Å². The lowest BCUT2D eigenvalue weighted by atomic mass is 9.71. The lowest BCUT2D eigenvalue weighted by molar-refractivity contribution is 0.0554. The van der Waals surface area contributed by atoms with Crippen molar-refractivity contribution in [3.05, 3.63) is 29.6 Å². The van der Waals surface area contributed by atoms with E-state index in [0.29, 0.717) is 11.3 Å². The molecule has 2 rings (SSSR count). The average molecular weight is 279 g/mol. The van der Waals surface area contributed by atoms with Crippen molar-refractivity contribution in [1.82, 2.24) is 0 Å². The van der Waals surface area contributed by atoms with Crippen molar-refractivity contribution in [1.29, 1.82) is 0 Å². The summed E-state index contributed by atoms with van der Waals surface area (Å²) in [5.41, 5.74) is 6.98. The number of halogens is 1. The van der Waals surface area contributed by atoms with Crippen molar-refractivity contribution >= 4 is 0 Å². The van der Waals surface area contributed by atoms with E-state index >= 15 is 0 Å². The molecule has 1 aliphatic rings. The Morgan fingerprint density at radius 1 is 1.35 bits per heavy atom. The van der Waals surface area contributed by atoms with Gasteiger partial charge in [-0.2, -0.15) is 0 Å². The Labute approximate surface area is 121 Å². The summed E-state index contributed by atoms with van der Waals surface area (Å²) in [5.74, 6) is 1.13. The molecule has 1 saturated carbocycles. The lowest BCUT2D eigenvalue weighted by Crippen LogP contribution is -2.34. The van der Waals surface area contributed by atoms with E-state index in [1.165, 1.54) is 18.6 Å². The molecule has 0 amide bonds. The topological polar surface area (TPSA) is 35.2 Å². The van der Waals surface area contributed by atoms with E-state index in [9.17, 15) is 4.39 Å². The quantitative estimate of drug-likeness (QED) is 0.887. The lowest BCUT2D eigenvalue weighted by Gasteiger charge is -2.39. The van der Waals surface area contributed by atoms with Crippen LogP contribution < -0.4 is 10.5 Å². The predicted molar refractivity (Wildman–Crippen MR) is 80.2 cm³/mol. The van der Waals surface area contributed by atoms with Crippen LogP contribution in [-0.2, 0) is 0 Å². The molecule has 3 unspecified atom stereocenters. The van der Waals surface area contributed by atoms with Crippen LogP contribution in [0, 0.1) is 17.2 Å². The zero-order valence-electron chi connectivity index (χ0n) is 12.9. The number of benzene rings is 1. The molecule has 0 aliphatic heterocycles. The van der Waals surface area contributed by atoms with Gasteiger partial charge in [0.05, 0.1) is 6.10 Å². The molecular weight excluding hydrogens is 253 g/mol. The van der Waals surface area contributed by atoms with Gasteiger partial charge in [-0.15, -0.1) is 0 Å². The summed E-state index contributed by atoms with van der Waals surface area (Å²) in [6.07, 6.45) is 3.51. The Kier molecular flexibility index (Phi) is 4.38. The molecule has 20 heavy (non-hydrogen) atoms. The molecule has 1 aromatic carbocycles. The molecule has 1 aromatic rings. The number of rotatable bonds is 3. The van der Waals surface area contributed by atoms with Gasteiger partial charge < -0.3 is 10.5 Å². The number of nitrogens with two attached hydrogens (primary N) is 1. The maximum absolute atomic E-state index is 13.4. The van der Waals surface area contributed by atoms with Crippen LogP contribution >= 0.6 is 0 Å². The minimum atomic E-state index is -0.262. The molecular formula is C17H26FNO. The highest BCUT2D eigenvalue weighted by Gasteiger charge is 2.33. The van der Waals surface area contributed by atoms with E-state index in [-0.39, 0.29) is 18.0 Å². The minimum Gasteiger partial charge on any atom is -0.490 e. The van der Waals surface area contributed by atoms with Gasteiger partial charge in [0.25, 0.3) is 0 Å². The van der Waals surface area contributed by atoms with Gasteiger partial charge in [-0.25, -0.2) is 4.39 Å². The monoisotopic (exact) mass is 279 g/mol. The van der Waals surface area contributed by atoms with E-state index in [2.05, 4.69) is 20.8 Å². The molecule has 3 heteroatoms. The van der Waals surface area contributed by atoms with Gasteiger partial charge in [-0.1, -0.05) is 20.8 Å². The zero-order chi connectivity index (χ0) is 14.9. The highest BCUT2D eigenvalue weighted by Crippen LogP contribution is 2.40. The van der Waals surface area contributed by atoms with Gasteiger partial charge in [0.1, 0.15) is 11.6 Å². The average Bonchev–Trinajstić information content (AvgIpc) is 2.28. The van der Waals surface area contributed by atoms with Crippen LogP contribution in [0.1, 0.15) is 58.6 Å². The standard InChI is InChI=1S/C17H26FNO/c1-11-7-14(10-17(3,4)9-11)20-16-6-5-13(18)8-15(16)12(2)19/h5-6,8,11-12,14H,7,9-10,19H2,1-4H3. The molecule has 2 N–H and O–H groups in total. The van der Waals surface area contributed by atoms with E-state index in [1.807, 2.05) is 6.92 Å². The molecule has 3 atom stereocenters. The summed E-state index contributed by atoms with van der Waals surface area (Å²) in [4.78, 5) is 0. The molecule has 0 radical (unpaired) electrons. The van der Waals surface area contributed by atoms with Crippen LogP contribution in [0.2, 0.25) is 0 Å². The molecule has 2 nitrogen and oxygen atoms in total. The minimum absolute atomic E-state index is 0.191. The SMILES string of the molecule is CC1CC(Oc2ccc(F)cc2C(C)N)CC(C)(C)C1. The summed E-state index contributed by atoms with van der Waals surface area (Å²) in [6, 6.07) is 4.41. The maximum Gasteiger partial charge on any atom is 0.124 e. The largest absolute Gasteiger partial charge is 0.490 e. The van der Waals surface area contributed by atoms with Crippen LogP contribution in [-0.4, -0.2) is 6.10 Å². The van der Waals surface area contributed by atoms with Gasteiger partial charge in [-0.3, -0.25) is 0 Å². The van der Waals surface area contributed by atoms with Crippen molar-refractivity contribution < 1.29 is 9.13 Å². The number of ether oxygens (including phenoxy) is 1. The first-order valence-electron chi connectivity index (χ1n) is 7.48. The van der Waals surface area contributed by atoms with Crippen LogP contribution in [0.25, 0.3) is 0 Å². The predicted octanol–water partition coefficient (Wildman–Crippen LogP) is 4.44. The molecule has 0 aromatic heterocycles. The highest BCUT2D eigenvalue weighted by atomic mass is 19.1. The van der Waals surface area contributed by atoms with Crippen LogP contribution in [0.15, 0.2) is 18.2 Å². The fourth-order valence-electron chi connectivity index (χ4n) is 3.51. The fraction of sp³-hybridized carbons (Fsp3) is 0.647. The molecule has 0 heterocycles. The third-order valence-corrected chi connectivity index (χ3v) is 4.10. The smallest absolute Gasteiger partial charge is 0.124 e. The van der Waals surface area contributed by atoms with Crippen LogP contribution in [0.5, 0.6) is 5.75 Å². The summed E-state index contributed by atoms with van der Waals surface area (Å²) >= 11 is 0. The highest BCUT2D eigenvalue weighted by molar-refractivity contribution is 5.36. The second kappa shape index (κ2) is 5.72. The van der Waals surface area contributed by atoms with E-state index < -0.39 is 0 Å². The van der Waals surface area contributed by atoms with Gasteiger partial charge >= 0.3 is 0 Å². The van der Waals surface area contributed by atoms with Gasteiger partial charge in [0.2, 0.25) is 0 Å². The third kappa shape index (κ3) is 3.72. The Morgan fingerprint density at radius 3 is 2.65 bits per heavy atom. The Hall–Kier alpha value is -1.09. The number of hydrogen-bond acceptors (Lipinski definition) is 2. The molecule has 1 aliphatic carbocycles. The molecule has 112 valence electrons. The first-order chi connectivity index (χ1) is 9.27. The van der Waals surface area contributed by atoms with E-state index in [4.69, 9.17) is 10.5 Å². The Bertz CT molecular complexity index is 470. The zero-order valence-corrected chi connectivity index (χ0v) is 12.9. The maximum atomic E-state index is 13.4. The van der Waals surface area contributed by atoms with Gasteiger partial charge in [0.15, 0.2) is 0 Å². The number of hydrogen-bond donors (Lipinski definition) is 1. The molecule has 0 spiro atoms. The summed E-state index contributed by atoms with van der Waals surface area (Å²) in [6.45, 7) is 8.70. The summed E-state index contributed by atoms with van der Waals surface area (Å²) in [7, 11) is 0.